The van der Waals surface area contributed by atoms with Crippen molar-refractivity contribution in [2.45, 2.75) is 6.92 Å². The zero-order valence-corrected chi connectivity index (χ0v) is 10.1. The van der Waals surface area contributed by atoms with E-state index in [1.165, 1.54) is 0 Å². The van der Waals surface area contributed by atoms with E-state index in [-0.39, 0.29) is 0 Å². The molecule has 0 unspecified atom stereocenters. The van der Waals surface area contributed by atoms with Crippen LogP contribution < -0.4 is 16.2 Å². The Morgan fingerprint density at radius 2 is 1.94 bits per heavy atom. The number of hydrogen-bond donors (Lipinski definition) is 2. The van der Waals surface area contributed by atoms with Crippen molar-refractivity contribution < 1.29 is 9.53 Å². The van der Waals surface area contributed by atoms with E-state index < -0.39 is 5.97 Å². The molecular weight excluding hydrogens is 228 g/mol. The summed E-state index contributed by atoms with van der Waals surface area (Å²) in [6, 6.07) is 8.73. The van der Waals surface area contributed by atoms with E-state index in [1.54, 1.807) is 31.2 Å². The molecule has 0 atom stereocenters. The number of fused-ring (bicyclic) bond motifs is 1. The predicted octanol–water partition coefficient (Wildman–Crippen LogP) is 2.49. The van der Waals surface area contributed by atoms with Gasteiger partial charge in [0.15, 0.2) is 0 Å². The van der Waals surface area contributed by atoms with Crippen LogP contribution >= 0.6 is 0 Å². The third kappa shape index (κ3) is 2.27. The summed E-state index contributed by atoms with van der Waals surface area (Å²) in [5, 5.41) is 1.71. The molecule has 2 rings (SSSR count). The first-order valence-corrected chi connectivity index (χ1v) is 5.44. The fraction of sp³-hybridized carbons (Fsp3) is 0.0714. The summed E-state index contributed by atoms with van der Waals surface area (Å²) >= 11 is 0. The molecule has 0 saturated carbocycles. The molecule has 4 heteroatoms. The number of rotatable bonds is 2. The molecule has 0 aliphatic rings. The molecule has 0 heterocycles. The lowest BCUT2D eigenvalue weighted by Crippen LogP contribution is -2.08. The van der Waals surface area contributed by atoms with Crippen LogP contribution in [0.2, 0.25) is 0 Å². The first-order chi connectivity index (χ1) is 8.47. The Bertz CT molecular complexity index is 648. The van der Waals surface area contributed by atoms with Gasteiger partial charge < -0.3 is 16.2 Å². The molecule has 0 aliphatic heterocycles. The molecule has 0 aliphatic carbocycles. The van der Waals surface area contributed by atoms with Gasteiger partial charge in [0.05, 0.1) is 0 Å². The minimum absolute atomic E-state index is 0.334. The Morgan fingerprint density at radius 1 is 1.22 bits per heavy atom. The fourth-order valence-electron chi connectivity index (χ4n) is 1.64. The smallest absolute Gasteiger partial charge is 0.338 e. The van der Waals surface area contributed by atoms with Gasteiger partial charge in [0.25, 0.3) is 0 Å². The molecule has 0 bridgehead atoms. The maximum atomic E-state index is 11.4. The number of anilines is 2. The van der Waals surface area contributed by atoms with Crippen molar-refractivity contribution in [3.8, 4) is 5.75 Å². The summed E-state index contributed by atoms with van der Waals surface area (Å²) in [6.45, 7) is 5.11. The summed E-state index contributed by atoms with van der Waals surface area (Å²) < 4.78 is 5.15. The Morgan fingerprint density at radius 3 is 2.61 bits per heavy atom. The fourth-order valence-corrected chi connectivity index (χ4v) is 1.64. The third-order valence-electron chi connectivity index (χ3n) is 2.54. The summed E-state index contributed by atoms with van der Waals surface area (Å²) in [5.41, 5.74) is 13.1. The standard InChI is InChI=1S/C14H14N2O2/c1-8(2)14(17)18-11-6-9-5-10(15)3-4-12(9)13(16)7-11/h3-7H,1,15-16H2,2H3. The van der Waals surface area contributed by atoms with Gasteiger partial charge in [-0.15, -0.1) is 0 Å². The number of carbonyl (C=O) groups excluding carboxylic acids is 1. The van der Waals surface area contributed by atoms with E-state index in [9.17, 15) is 4.79 Å². The lowest BCUT2D eigenvalue weighted by molar-refractivity contribution is -0.130. The number of ether oxygens (including phenoxy) is 1. The lowest BCUT2D eigenvalue weighted by Gasteiger charge is -2.08. The van der Waals surface area contributed by atoms with Crippen LogP contribution in [0.5, 0.6) is 5.75 Å². The molecule has 18 heavy (non-hydrogen) atoms. The number of nitrogen functional groups attached to an aromatic ring is 2. The van der Waals surface area contributed by atoms with Crippen LogP contribution in [-0.4, -0.2) is 5.97 Å². The normalized spacial score (nSPS) is 10.3. The zero-order valence-electron chi connectivity index (χ0n) is 10.1. The Kier molecular flexibility index (Phi) is 2.93. The monoisotopic (exact) mass is 242 g/mol. The van der Waals surface area contributed by atoms with Crippen LogP contribution in [0.25, 0.3) is 10.8 Å². The van der Waals surface area contributed by atoms with E-state index in [0.29, 0.717) is 22.7 Å². The van der Waals surface area contributed by atoms with Crippen molar-refractivity contribution in [1.29, 1.82) is 0 Å². The van der Waals surface area contributed by atoms with Gasteiger partial charge in [0.1, 0.15) is 5.75 Å². The molecule has 4 nitrogen and oxygen atoms in total. The van der Waals surface area contributed by atoms with Gasteiger partial charge in [0, 0.05) is 28.4 Å². The molecular formula is C14H14N2O2. The zero-order chi connectivity index (χ0) is 13.3. The first-order valence-electron chi connectivity index (χ1n) is 5.44. The van der Waals surface area contributed by atoms with Crippen molar-refractivity contribution in [2.75, 3.05) is 11.5 Å². The number of carbonyl (C=O) groups is 1. The second-order valence-electron chi connectivity index (χ2n) is 4.16. The highest BCUT2D eigenvalue weighted by Crippen LogP contribution is 2.29. The van der Waals surface area contributed by atoms with Gasteiger partial charge in [-0.1, -0.05) is 12.6 Å². The molecule has 0 radical (unpaired) electrons. The SMILES string of the molecule is C=C(C)C(=O)Oc1cc(N)c2ccc(N)cc2c1. The number of hydrogen-bond acceptors (Lipinski definition) is 4. The van der Waals surface area contributed by atoms with Crippen molar-refractivity contribution >= 4 is 28.1 Å². The summed E-state index contributed by atoms with van der Waals surface area (Å²) in [5.74, 6) is -0.0868. The van der Waals surface area contributed by atoms with E-state index in [4.69, 9.17) is 16.2 Å². The van der Waals surface area contributed by atoms with Gasteiger partial charge >= 0.3 is 5.97 Å². The molecule has 0 amide bonds. The quantitative estimate of drug-likeness (QED) is 0.367. The first kappa shape index (κ1) is 12.0. The summed E-state index contributed by atoms with van der Waals surface area (Å²) in [6.07, 6.45) is 0. The third-order valence-corrected chi connectivity index (χ3v) is 2.54. The van der Waals surface area contributed by atoms with E-state index >= 15 is 0 Å². The average molecular weight is 242 g/mol. The van der Waals surface area contributed by atoms with E-state index in [1.807, 2.05) is 6.07 Å². The Balaban J connectivity index is 2.47. The molecule has 0 spiro atoms. The molecule has 2 aromatic carbocycles. The maximum absolute atomic E-state index is 11.4. The number of esters is 1. The molecule has 0 saturated heterocycles. The predicted molar refractivity (Wildman–Crippen MR) is 73.2 cm³/mol. The van der Waals surface area contributed by atoms with Crippen LogP contribution in [0.4, 0.5) is 11.4 Å². The van der Waals surface area contributed by atoms with Crippen molar-refractivity contribution in [2.24, 2.45) is 0 Å². The number of benzene rings is 2. The topological polar surface area (TPSA) is 78.3 Å². The van der Waals surface area contributed by atoms with E-state index in [0.717, 1.165) is 10.8 Å². The van der Waals surface area contributed by atoms with Crippen molar-refractivity contribution in [1.82, 2.24) is 0 Å². The average Bonchev–Trinajstić information content (AvgIpc) is 2.27. The minimum atomic E-state index is -0.474. The molecule has 92 valence electrons. The molecule has 0 fully saturated rings. The summed E-state index contributed by atoms with van der Waals surface area (Å²) in [7, 11) is 0. The van der Waals surface area contributed by atoms with Crippen LogP contribution in [0.3, 0.4) is 0 Å². The highest BCUT2D eigenvalue weighted by atomic mass is 16.5. The van der Waals surface area contributed by atoms with E-state index in [2.05, 4.69) is 6.58 Å². The Labute approximate surface area is 105 Å². The minimum Gasteiger partial charge on any atom is -0.423 e. The second kappa shape index (κ2) is 4.41. The van der Waals surface area contributed by atoms with Crippen LogP contribution in [-0.2, 0) is 4.79 Å². The maximum Gasteiger partial charge on any atom is 0.338 e. The largest absolute Gasteiger partial charge is 0.423 e. The highest BCUT2D eigenvalue weighted by molar-refractivity contribution is 5.97. The Hall–Kier alpha value is -2.49. The van der Waals surface area contributed by atoms with Crippen LogP contribution in [0.15, 0.2) is 42.5 Å². The lowest BCUT2D eigenvalue weighted by atomic mass is 10.1. The van der Waals surface area contributed by atoms with Crippen LogP contribution in [0.1, 0.15) is 6.92 Å². The van der Waals surface area contributed by atoms with Gasteiger partial charge in [-0.2, -0.15) is 0 Å². The second-order valence-corrected chi connectivity index (χ2v) is 4.16. The highest BCUT2D eigenvalue weighted by Gasteiger charge is 2.08. The molecule has 2 aromatic rings. The number of nitrogens with two attached hydrogens (primary N) is 2. The van der Waals surface area contributed by atoms with Crippen molar-refractivity contribution in [3.63, 3.8) is 0 Å². The molecule has 0 aromatic heterocycles. The van der Waals surface area contributed by atoms with Crippen molar-refractivity contribution in [3.05, 3.63) is 42.5 Å². The molecule has 4 N–H and O–H groups in total. The van der Waals surface area contributed by atoms with Gasteiger partial charge in [0.2, 0.25) is 0 Å². The van der Waals surface area contributed by atoms with Gasteiger partial charge in [-0.05, 0) is 30.5 Å². The van der Waals surface area contributed by atoms with Gasteiger partial charge in [-0.3, -0.25) is 0 Å². The summed E-state index contributed by atoms with van der Waals surface area (Å²) in [4.78, 5) is 11.4. The van der Waals surface area contributed by atoms with Crippen LogP contribution in [0, 0.1) is 0 Å². The van der Waals surface area contributed by atoms with Gasteiger partial charge in [-0.25, -0.2) is 4.79 Å².